The molecular weight excluding hydrogens is 519 g/mol. The summed E-state index contributed by atoms with van der Waals surface area (Å²) < 4.78 is 52.0. The largest absolute Gasteiger partial charge is 0.490 e. The van der Waals surface area contributed by atoms with Crippen LogP contribution in [0.2, 0.25) is 0 Å². The zero-order valence-electron chi connectivity index (χ0n) is 16.0. The van der Waals surface area contributed by atoms with Gasteiger partial charge in [0.15, 0.2) is 23.2 Å². The number of aliphatic hydroxyl groups is 3. The van der Waals surface area contributed by atoms with Crippen LogP contribution < -0.4 is 5.32 Å². The lowest BCUT2D eigenvalue weighted by atomic mass is 10.1. The molecule has 22 heteroatoms. The summed E-state index contributed by atoms with van der Waals surface area (Å²) in [6.45, 7) is -1.43. The molecule has 186 valence electrons. The normalized spacial score (nSPS) is 27.4. The van der Waals surface area contributed by atoms with Gasteiger partial charge in [0.25, 0.3) is 0 Å². The quantitative estimate of drug-likeness (QED) is 0.122. The Kier molecular flexibility index (Phi) is 7.70. The van der Waals surface area contributed by atoms with Crippen LogP contribution in [0.1, 0.15) is 6.23 Å². The van der Waals surface area contributed by atoms with Crippen molar-refractivity contribution in [3.63, 3.8) is 0 Å². The van der Waals surface area contributed by atoms with Crippen molar-refractivity contribution in [2.75, 3.05) is 18.7 Å². The minimum Gasteiger partial charge on any atom is -0.387 e. The Morgan fingerprint density at radius 1 is 1.03 bits per heavy atom. The number of rotatable bonds is 10. The monoisotopic (exact) mass is 537 g/mol. The van der Waals surface area contributed by atoms with Crippen molar-refractivity contribution in [2.45, 2.75) is 24.5 Å². The second kappa shape index (κ2) is 9.69. The number of anilines is 1. The first-order valence-corrected chi connectivity index (χ1v) is 13.1. The number of nitrogens with one attached hydrogen (secondary N) is 1. The van der Waals surface area contributed by atoms with Crippen molar-refractivity contribution >= 4 is 40.4 Å². The molecule has 0 bridgehead atoms. The molecule has 0 saturated carbocycles. The van der Waals surface area contributed by atoms with Crippen LogP contribution in [0.15, 0.2) is 12.7 Å². The van der Waals surface area contributed by atoms with Crippen LogP contribution >= 0.6 is 23.5 Å². The summed E-state index contributed by atoms with van der Waals surface area (Å²) in [6.07, 6.45) is -3.81. The average Bonchev–Trinajstić information content (AvgIpc) is 3.20. The molecule has 2 aromatic heterocycles. The third kappa shape index (κ3) is 6.39. The summed E-state index contributed by atoms with van der Waals surface area (Å²) in [5.41, 5.74) is 0.319. The number of hydrogen-bond acceptors (Lipinski definition) is 14. The maximum atomic E-state index is 11.8. The highest BCUT2D eigenvalue weighted by atomic mass is 31.3. The topological polar surface area (TPSA) is 285 Å². The van der Waals surface area contributed by atoms with Crippen LogP contribution in [-0.4, -0.2) is 86.1 Å². The highest BCUT2D eigenvalue weighted by Crippen LogP contribution is 2.66. The average molecular weight is 537 g/mol. The van der Waals surface area contributed by atoms with Crippen LogP contribution in [0.4, 0.5) is 5.82 Å². The van der Waals surface area contributed by atoms with E-state index in [1.165, 1.54) is 10.9 Å². The molecule has 1 saturated heterocycles. The van der Waals surface area contributed by atoms with Gasteiger partial charge in [-0.25, -0.2) is 28.6 Å². The van der Waals surface area contributed by atoms with Crippen LogP contribution in [0.5, 0.6) is 0 Å². The van der Waals surface area contributed by atoms with Crippen molar-refractivity contribution < 1.29 is 66.5 Å². The number of imidazole rings is 1. The number of fused-ring (bicyclic) bond motifs is 1. The molecule has 3 heterocycles. The Morgan fingerprint density at radius 3 is 2.36 bits per heavy atom. The summed E-state index contributed by atoms with van der Waals surface area (Å²) in [5.74, 6) is 0.165. The van der Waals surface area contributed by atoms with Gasteiger partial charge in [0.2, 0.25) is 0 Å². The Labute approximate surface area is 183 Å². The van der Waals surface area contributed by atoms with E-state index in [0.717, 1.165) is 6.33 Å². The fourth-order valence-corrected chi connectivity index (χ4v) is 5.84. The highest BCUT2D eigenvalue weighted by molar-refractivity contribution is 7.66. The fourth-order valence-electron chi connectivity index (χ4n) is 2.81. The SMILES string of the molecule is O=P(O)(O)OP(=O)(O)OP(=O)(O)OC[C@H]1O[C@@H](n2cnc3c(NCO)ncnc32)[C@H](O)[C@@H]1O. The van der Waals surface area contributed by atoms with Crippen LogP contribution in [-0.2, 0) is 31.6 Å². The maximum absolute atomic E-state index is 11.8. The highest BCUT2D eigenvalue weighted by Gasteiger charge is 2.47. The molecular formula is C11H18N5O14P3. The molecule has 0 amide bonds. The molecule has 3 rings (SSSR count). The van der Waals surface area contributed by atoms with Gasteiger partial charge in [-0.2, -0.15) is 8.62 Å². The molecule has 0 aliphatic carbocycles. The number of nitrogens with zero attached hydrogens (tertiary/aromatic N) is 4. The van der Waals surface area contributed by atoms with Gasteiger partial charge in [-0.3, -0.25) is 9.09 Å². The minimum atomic E-state index is -5.72. The zero-order valence-corrected chi connectivity index (χ0v) is 18.7. The van der Waals surface area contributed by atoms with Crippen LogP contribution in [0, 0.1) is 0 Å². The predicted octanol–water partition coefficient (Wildman–Crippen LogP) is -1.85. The third-order valence-electron chi connectivity index (χ3n) is 4.03. The predicted molar refractivity (Wildman–Crippen MR) is 102 cm³/mol. The molecule has 1 fully saturated rings. The molecule has 2 unspecified atom stereocenters. The maximum Gasteiger partial charge on any atom is 0.490 e. The first-order chi connectivity index (χ1) is 15.2. The van der Waals surface area contributed by atoms with Crippen molar-refractivity contribution in [3.8, 4) is 0 Å². The Morgan fingerprint density at radius 2 is 1.73 bits per heavy atom. The van der Waals surface area contributed by atoms with Gasteiger partial charge in [-0.1, -0.05) is 0 Å². The fraction of sp³-hybridized carbons (Fsp3) is 0.545. The molecule has 0 aromatic carbocycles. The van der Waals surface area contributed by atoms with E-state index in [2.05, 4.69) is 33.4 Å². The van der Waals surface area contributed by atoms with Gasteiger partial charge in [-0.05, 0) is 0 Å². The molecule has 6 atom stereocenters. The van der Waals surface area contributed by atoms with E-state index >= 15 is 0 Å². The lowest BCUT2D eigenvalue weighted by Crippen LogP contribution is -2.33. The second-order valence-corrected chi connectivity index (χ2v) is 10.7. The summed E-state index contributed by atoms with van der Waals surface area (Å²) >= 11 is 0. The van der Waals surface area contributed by atoms with E-state index in [4.69, 9.17) is 24.5 Å². The van der Waals surface area contributed by atoms with E-state index in [0.29, 0.717) is 0 Å². The van der Waals surface area contributed by atoms with E-state index in [9.17, 15) is 28.8 Å². The van der Waals surface area contributed by atoms with Crippen molar-refractivity contribution in [1.29, 1.82) is 0 Å². The van der Waals surface area contributed by atoms with Crippen molar-refractivity contribution in [1.82, 2.24) is 19.5 Å². The molecule has 0 radical (unpaired) electrons. The number of phosphoric ester groups is 1. The lowest BCUT2D eigenvalue weighted by molar-refractivity contribution is -0.0503. The van der Waals surface area contributed by atoms with E-state index < -0.39 is 61.3 Å². The minimum absolute atomic E-state index is 0.130. The number of aliphatic hydroxyl groups excluding tert-OH is 3. The molecule has 1 aliphatic heterocycles. The van der Waals surface area contributed by atoms with E-state index in [1.807, 2.05) is 0 Å². The number of hydrogen-bond donors (Lipinski definition) is 8. The van der Waals surface area contributed by atoms with E-state index in [1.54, 1.807) is 0 Å². The molecule has 19 nitrogen and oxygen atoms in total. The van der Waals surface area contributed by atoms with E-state index in [-0.39, 0.29) is 17.0 Å². The summed E-state index contributed by atoms with van der Waals surface area (Å²) in [6, 6.07) is 0. The van der Waals surface area contributed by atoms with Crippen LogP contribution in [0.3, 0.4) is 0 Å². The molecule has 1 aliphatic rings. The first-order valence-electron chi connectivity index (χ1n) is 8.55. The van der Waals surface area contributed by atoms with Gasteiger partial charge < -0.3 is 44.9 Å². The van der Waals surface area contributed by atoms with Crippen LogP contribution in [0.25, 0.3) is 11.2 Å². The molecule has 8 N–H and O–H groups in total. The number of phosphoric acid groups is 3. The van der Waals surface area contributed by atoms with Crippen molar-refractivity contribution in [3.05, 3.63) is 12.7 Å². The standard InChI is InChI=1S/C11H18N5O14P3/c17-4-15-9-6-10(13-2-12-9)16(3-14-6)11-8(19)7(18)5(28-11)1-27-32(23,24)30-33(25,26)29-31(20,21)22/h2-3,5,7-8,11,17-19H,1,4H2,(H,23,24)(H,25,26)(H,12,13,15)(H2,20,21,22)/t5-,7-,8-,11-/m1/s1. The van der Waals surface area contributed by atoms with Gasteiger partial charge >= 0.3 is 23.5 Å². The number of ether oxygens (including phenoxy) is 1. The van der Waals surface area contributed by atoms with Gasteiger partial charge in [0.05, 0.1) is 12.9 Å². The first kappa shape index (κ1) is 26.2. The summed E-state index contributed by atoms with van der Waals surface area (Å²) in [7, 11) is -16.7. The lowest BCUT2D eigenvalue weighted by Gasteiger charge is -2.19. The summed E-state index contributed by atoms with van der Waals surface area (Å²) in [4.78, 5) is 47.6. The Hall–Kier alpha value is -1.40. The zero-order chi connectivity index (χ0) is 24.6. The summed E-state index contributed by atoms with van der Waals surface area (Å²) in [5, 5.41) is 32.1. The number of aromatic nitrogens is 4. The van der Waals surface area contributed by atoms with Crippen molar-refractivity contribution in [2.24, 2.45) is 0 Å². The van der Waals surface area contributed by atoms with Gasteiger partial charge in [0.1, 0.15) is 31.4 Å². The third-order valence-corrected chi connectivity index (χ3v) is 7.84. The molecule has 33 heavy (non-hydrogen) atoms. The molecule has 2 aromatic rings. The van der Waals surface area contributed by atoms with Gasteiger partial charge in [0, 0.05) is 0 Å². The Balaban J connectivity index is 1.71. The Bertz CT molecular complexity index is 1140. The smallest absolute Gasteiger partial charge is 0.387 e. The van der Waals surface area contributed by atoms with Gasteiger partial charge in [-0.15, -0.1) is 0 Å². The second-order valence-electron chi connectivity index (χ2n) is 6.31. The molecule has 0 spiro atoms.